The van der Waals surface area contributed by atoms with E-state index in [-0.39, 0.29) is 5.97 Å². The summed E-state index contributed by atoms with van der Waals surface area (Å²) in [4.78, 5) is 11.5. The van der Waals surface area contributed by atoms with Crippen molar-refractivity contribution in [3.8, 4) is 0 Å². The lowest BCUT2D eigenvalue weighted by Crippen LogP contribution is -2.15. The summed E-state index contributed by atoms with van der Waals surface area (Å²) < 4.78 is 5.62. The summed E-state index contributed by atoms with van der Waals surface area (Å²) >= 11 is 3.41. The van der Waals surface area contributed by atoms with Crippen LogP contribution in [0, 0.1) is 0 Å². The van der Waals surface area contributed by atoms with Crippen molar-refractivity contribution < 1.29 is 9.53 Å². The Morgan fingerprint density at radius 2 is 2.06 bits per heavy atom. The Morgan fingerprint density at radius 1 is 1.35 bits per heavy atom. The van der Waals surface area contributed by atoms with Gasteiger partial charge in [-0.05, 0) is 31.0 Å². The van der Waals surface area contributed by atoms with Gasteiger partial charge in [0.05, 0.1) is 12.7 Å². The Bertz CT molecular complexity index is 414. The molecule has 0 aliphatic heterocycles. The minimum Gasteiger partial charge on any atom is -0.465 e. The van der Waals surface area contributed by atoms with Crippen molar-refractivity contribution in [2.45, 2.75) is 31.7 Å². The third kappa shape index (κ3) is 3.22. The number of carbonyl (C=O) groups excluding carboxylic acids is 1. The maximum atomic E-state index is 11.5. The Morgan fingerprint density at radius 3 is 2.71 bits per heavy atom. The van der Waals surface area contributed by atoms with Crippen molar-refractivity contribution in [2.24, 2.45) is 0 Å². The quantitative estimate of drug-likeness (QED) is 0.867. The summed E-state index contributed by atoms with van der Waals surface area (Å²) in [5.41, 5.74) is 1.55. The highest BCUT2D eigenvalue weighted by Gasteiger charge is 2.15. The summed E-state index contributed by atoms with van der Waals surface area (Å²) in [7, 11) is 1.40. The van der Waals surface area contributed by atoms with E-state index in [4.69, 9.17) is 4.74 Å². The summed E-state index contributed by atoms with van der Waals surface area (Å²) in [5.74, 6) is -0.305. The number of benzene rings is 1. The molecule has 0 aromatic heterocycles. The van der Waals surface area contributed by atoms with Crippen LogP contribution >= 0.6 is 15.9 Å². The SMILES string of the molecule is COC(=O)c1cc(Br)cc(NC2CCCC2)c1. The van der Waals surface area contributed by atoms with E-state index in [0.29, 0.717) is 11.6 Å². The molecule has 0 bridgehead atoms. The first-order valence-corrected chi connectivity index (χ1v) is 6.64. The topological polar surface area (TPSA) is 38.3 Å². The monoisotopic (exact) mass is 297 g/mol. The van der Waals surface area contributed by atoms with Gasteiger partial charge in [0.25, 0.3) is 0 Å². The van der Waals surface area contributed by atoms with Crippen LogP contribution in [0.4, 0.5) is 5.69 Å². The van der Waals surface area contributed by atoms with E-state index in [0.717, 1.165) is 10.2 Å². The number of hydrogen-bond acceptors (Lipinski definition) is 3. The van der Waals surface area contributed by atoms with Gasteiger partial charge >= 0.3 is 5.97 Å². The third-order valence-electron chi connectivity index (χ3n) is 3.04. The summed E-state index contributed by atoms with van der Waals surface area (Å²) in [6.45, 7) is 0. The molecule has 1 aliphatic rings. The van der Waals surface area contributed by atoms with Crippen molar-refractivity contribution >= 4 is 27.6 Å². The number of halogens is 1. The molecule has 3 nitrogen and oxygen atoms in total. The zero-order valence-corrected chi connectivity index (χ0v) is 11.4. The van der Waals surface area contributed by atoms with Gasteiger partial charge in [-0.3, -0.25) is 0 Å². The molecule has 2 rings (SSSR count). The van der Waals surface area contributed by atoms with Gasteiger partial charge in [-0.25, -0.2) is 4.79 Å². The van der Waals surface area contributed by atoms with E-state index in [1.54, 1.807) is 6.07 Å². The van der Waals surface area contributed by atoms with Gasteiger partial charge in [0.1, 0.15) is 0 Å². The predicted octanol–water partition coefficient (Wildman–Crippen LogP) is 3.59. The molecule has 0 atom stereocenters. The zero-order chi connectivity index (χ0) is 12.3. The maximum Gasteiger partial charge on any atom is 0.337 e. The van der Waals surface area contributed by atoms with E-state index in [2.05, 4.69) is 21.2 Å². The number of methoxy groups -OCH3 is 1. The van der Waals surface area contributed by atoms with Crippen LogP contribution in [0.2, 0.25) is 0 Å². The van der Waals surface area contributed by atoms with Crippen LogP contribution in [-0.2, 0) is 4.74 Å². The average Bonchev–Trinajstić information content (AvgIpc) is 2.80. The second-order valence-corrected chi connectivity index (χ2v) is 5.26. The number of hydrogen-bond donors (Lipinski definition) is 1. The minimum absolute atomic E-state index is 0.305. The van der Waals surface area contributed by atoms with Crippen molar-refractivity contribution in [2.75, 3.05) is 12.4 Å². The number of esters is 1. The second kappa shape index (κ2) is 5.54. The molecule has 0 heterocycles. The highest BCUT2D eigenvalue weighted by Crippen LogP contribution is 2.25. The van der Waals surface area contributed by atoms with Gasteiger partial charge in [0.2, 0.25) is 0 Å². The molecule has 0 saturated heterocycles. The molecule has 1 aromatic carbocycles. The van der Waals surface area contributed by atoms with Gasteiger partial charge in [0, 0.05) is 16.2 Å². The molecule has 4 heteroatoms. The van der Waals surface area contributed by atoms with Crippen LogP contribution in [0.5, 0.6) is 0 Å². The average molecular weight is 298 g/mol. The lowest BCUT2D eigenvalue weighted by Gasteiger charge is -2.14. The largest absolute Gasteiger partial charge is 0.465 e. The van der Waals surface area contributed by atoms with E-state index >= 15 is 0 Å². The zero-order valence-electron chi connectivity index (χ0n) is 9.83. The fraction of sp³-hybridized carbons (Fsp3) is 0.462. The van der Waals surface area contributed by atoms with Gasteiger partial charge < -0.3 is 10.1 Å². The van der Waals surface area contributed by atoms with Crippen LogP contribution in [-0.4, -0.2) is 19.1 Å². The van der Waals surface area contributed by atoms with Crippen molar-refractivity contribution in [1.29, 1.82) is 0 Å². The molecule has 1 fully saturated rings. The molecule has 17 heavy (non-hydrogen) atoms. The Kier molecular flexibility index (Phi) is 4.05. The number of anilines is 1. The standard InChI is InChI=1S/C13H16BrNO2/c1-17-13(16)9-6-10(14)8-12(7-9)15-11-4-2-3-5-11/h6-8,11,15H,2-5H2,1H3. The number of rotatable bonds is 3. The molecule has 1 saturated carbocycles. The molecule has 0 unspecified atom stereocenters. The number of nitrogens with one attached hydrogen (secondary N) is 1. The number of ether oxygens (including phenoxy) is 1. The molecular formula is C13H16BrNO2. The van der Waals surface area contributed by atoms with Crippen LogP contribution in [0.1, 0.15) is 36.0 Å². The van der Waals surface area contributed by atoms with Crippen molar-refractivity contribution in [3.63, 3.8) is 0 Å². The first kappa shape index (κ1) is 12.4. The molecule has 1 aliphatic carbocycles. The van der Waals surface area contributed by atoms with Gasteiger partial charge in [-0.15, -0.1) is 0 Å². The second-order valence-electron chi connectivity index (χ2n) is 4.35. The summed E-state index contributed by atoms with van der Waals surface area (Å²) in [6, 6.07) is 6.14. The van der Waals surface area contributed by atoms with Gasteiger partial charge in [-0.1, -0.05) is 28.8 Å². The normalized spacial score (nSPS) is 15.9. The lowest BCUT2D eigenvalue weighted by atomic mass is 10.1. The lowest BCUT2D eigenvalue weighted by molar-refractivity contribution is 0.0600. The fourth-order valence-electron chi connectivity index (χ4n) is 2.21. The first-order valence-electron chi connectivity index (χ1n) is 5.84. The maximum absolute atomic E-state index is 11.5. The van der Waals surface area contributed by atoms with Crippen LogP contribution < -0.4 is 5.32 Å². The minimum atomic E-state index is -0.305. The molecule has 0 spiro atoms. The summed E-state index contributed by atoms with van der Waals surface area (Å²) in [5, 5.41) is 3.46. The van der Waals surface area contributed by atoms with Gasteiger partial charge in [-0.2, -0.15) is 0 Å². The molecule has 0 amide bonds. The Labute approximate surface area is 110 Å². The van der Waals surface area contributed by atoms with E-state index < -0.39 is 0 Å². The van der Waals surface area contributed by atoms with Crippen molar-refractivity contribution in [3.05, 3.63) is 28.2 Å². The van der Waals surface area contributed by atoms with Crippen molar-refractivity contribution in [1.82, 2.24) is 0 Å². The van der Waals surface area contributed by atoms with E-state index in [1.807, 2.05) is 12.1 Å². The van der Waals surface area contributed by atoms with Crippen LogP contribution in [0.15, 0.2) is 22.7 Å². The Hall–Kier alpha value is -1.03. The molecule has 92 valence electrons. The molecular weight excluding hydrogens is 282 g/mol. The predicted molar refractivity (Wildman–Crippen MR) is 71.4 cm³/mol. The highest BCUT2D eigenvalue weighted by molar-refractivity contribution is 9.10. The first-order chi connectivity index (χ1) is 8.19. The molecule has 1 aromatic rings. The number of carbonyl (C=O) groups is 1. The fourth-order valence-corrected chi connectivity index (χ4v) is 2.71. The Balaban J connectivity index is 2.15. The smallest absolute Gasteiger partial charge is 0.337 e. The van der Waals surface area contributed by atoms with E-state index in [9.17, 15) is 4.79 Å². The molecule has 0 radical (unpaired) electrons. The summed E-state index contributed by atoms with van der Waals surface area (Å²) in [6.07, 6.45) is 4.99. The van der Waals surface area contributed by atoms with Crippen LogP contribution in [0.25, 0.3) is 0 Å². The van der Waals surface area contributed by atoms with Gasteiger partial charge in [0.15, 0.2) is 0 Å². The van der Waals surface area contributed by atoms with Crippen LogP contribution in [0.3, 0.4) is 0 Å². The van der Waals surface area contributed by atoms with E-state index in [1.165, 1.54) is 32.8 Å². The molecule has 1 N–H and O–H groups in total. The third-order valence-corrected chi connectivity index (χ3v) is 3.50. The highest BCUT2D eigenvalue weighted by atomic mass is 79.9.